The fraction of sp³-hybridized carbons (Fsp3) is 0. The van der Waals surface area contributed by atoms with Crippen LogP contribution < -0.4 is 10.6 Å². The number of hydrogen-bond donors (Lipinski definition) is 0. The predicted octanol–water partition coefficient (Wildman–Crippen LogP) is 1.79. The predicted molar refractivity (Wildman–Crippen MR) is 86.4 cm³/mol. The highest BCUT2D eigenvalue weighted by atomic mass is 16.1. The Labute approximate surface area is 125 Å². The quantitative estimate of drug-likeness (QED) is 0.590. The summed E-state index contributed by atoms with van der Waals surface area (Å²) in [5.41, 5.74) is 2.82. The molecule has 0 saturated heterocycles. The van der Waals surface area contributed by atoms with E-state index in [1.54, 1.807) is 12.2 Å². The van der Waals surface area contributed by atoms with Crippen LogP contribution in [0.15, 0.2) is 60.2 Å². The molecule has 2 aliphatic carbocycles. The van der Waals surface area contributed by atoms with Crippen LogP contribution in [-0.4, -0.2) is 16.0 Å². The van der Waals surface area contributed by atoms with Crippen molar-refractivity contribution in [1.82, 2.24) is 10.2 Å². The first-order chi connectivity index (χ1) is 10.8. The molecule has 1 aromatic heterocycles. The van der Waals surface area contributed by atoms with Gasteiger partial charge in [-0.25, -0.2) is 0 Å². The minimum absolute atomic E-state index is 0.0190. The highest BCUT2D eigenvalue weighted by Crippen LogP contribution is 2.24. The highest BCUT2D eigenvalue weighted by Gasteiger charge is 2.17. The maximum Gasteiger partial charge on any atom is 0.179 e. The first kappa shape index (κ1) is 11.6. The standard InChI is InChI=1S/C19H10N2O/c22-13-6-8-15-12(9-13)10-17-16-7-5-11-3-1-2-4-14(11)18(16)20-21-19(15)17/h1-10H. The van der Waals surface area contributed by atoms with E-state index >= 15 is 0 Å². The van der Waals surface area contributed by atoms with Gasteiger partial charge >= 0.3 is 0 Å². The second kappa shape index (κ2) is 3.98. The molecule has 0 saturated carbocycles. The normalized spacial score (nSPS) is 15.7. The van der Waals surface area contributed by atoms with Crippen molar-refractivity contribution in [2.45, 2.75) is 0 Å². The smallest absolute Gasteiger partial charge is 0.179 e. The van der Waals surface area contributed by atoms with Gasteiger partial charge in [-0.1, -0.05) is 36.4 Å². The SMILES string of the molecule is O=C1C=CC2=c3nnc4c(ccc5ccccc54)c3=CC2=C1. The van der Waals surface area contributed by atoms with Gasteiger partial charge in [0.2, 0.25) is 0 Å². The van der Waals surface area contributed by atoms with Crippen molar-refractivity contribution in [2.75, 3.05) is 0 Å². The van der Waals surface area contributed by atoms with Gasteiger partial charge in [-0.15, -0.1) is 10.2 Å². The molecule has 0 aliphatic heterocycles. The number of aromatic nitrogens is 2. The average Bonchev–Trinajstić information content (AvgIpc) is 2.92. The largest absolute Gasteiger partial charge is 0.290 e. The van der Waals surface area contributed by atoms with E-state index in [0.29, 0.717) is 0 Å². The van der Waals surface area contributed by atoms with E-state index in [4.69, 9.17) is 0 Å². The lowest BCUT2D eigenvalue weighted by atomic mass is 10.0. The van der Waals surface area contributed by atoms with Crippen molar-refractivity contribution in [2.24, 2.45) is 0 Å². The first-order valence-corrected chi connectivity index (χ1v) is 7.15. The van der Waals surface area contributed by atoms with E-state index in [0.717, 1.165) is 43.4 Å². The Balaban J connectivity index is 2.01. The lowest BCUT2D eigenvalue weighted by Gasteiger charge is -2.03. The first-order valence-electron chi connectivity index (χ1n) is 7.15. The maximum absolute atomic E-state index is 11.6. The van der Waals surface area contributed by atoms with E-state index in [2.05, 4.69) is 34.5 Å². The van der Waals surface area contributed by atoms with E-state index < -0.39 is 0 Å². The summed E-state index contributed by atoms with van der Waals surface area (Å²) < 4.78 is 0. The zero-order chi connectivity index (χ0) is 14.7. The molecule has 0 N–H and O–H groups in total. The van der Waals surface area contributed by atoms with Gasteiger partial charge in [-0.3, -0.25) is 4.79 Å². The molecule has 3 nitrogen and oxygen atoms in total. The van der Waals surface area contributed by atoms with E-state index in [1.165, 1.54) is 0 Å². The fourth-order valence-electron chi connectivity index (χ4n) is 3.24. The summed E-state index contributed by atoms with van der Waals surface area (Å²) in [6.07, 6.45) is 7.11. The number of hydrogen-bond acceptors (Lipinski definition) is 3. The minimum Gasteiger partial charge on any atom is -0.290 e. The van der Waals surface area contributed by atoms with Gasteiger partial charge in [-0.2, -0.15) is 0 Å². The number of benzene rings is 2. The highest BCUT2D eigenvalue weighted by molar-refractivity contribution is 6.11. The second-order valence-corrected chi connectivity index (χ2v) is 5.54. The molecule has 0 unspecified atom stereocenters. The lowest BCUT2D eigenvalue weighted by Crippen LogP contribution is -2.28. The Morgan fingerprint density at radius 1 is 0.818 bits per heavy atom. The number of carbonyl (C=O) groups is 1. The minimum atomic E-state index is 0.0190. The third kappa shape index (κ3) is 1.42. The van der Waals surface area contributed by atoms with Crippen molar-refractivity contribution in [1.29, 1.82) is 0 Å². The second-order valence-electron chi connectivity index (χ2n) is 5.54. The van der Waals surface area contributed by atoms with Gasteiger partial charge in [0, 0.05) is 21.6 Å². The third-order valence-corrected chi connectivity index (χ3v) is 4.27. The number of carbonyl (C=O) groups excluding carboxylic acids is 1. The fourth-order valence-corrected chi connectivity index (χ4v) is 3.24. The number of rotatable bonds is 0. The summed E-state index contributed by atoms with van der Waals surface area (Å²) in [7, 11) is 0. The summed E-state index contributed by atoms with van der Waals surface area (Å²) in [6.45, 7) is 0. The number of fused-ring (bicyclic) bond motifs is 6. The van der Waals surface area contributed by atoms with Crippen LogP contribution in [0.1, 0.15) is 0 Å². The molecule has 0 amide bonds. The molecule has 22 heavy (non-hydrogen) atoms. The van der Waals surface area contributed by atoms with Crippen molar-refractivity contribution >= 4 is 39.1 Å². The number of nitrogens with zero attached hydrogens (tertiary/aromatic N) is 2. The van der Waals surface area contributed by atoms with Crippen LogP contribution >= 0.6 is 0 Å². The number of allylic oxidation sites excluding steroid dienone is 4. The Bertz CT molecular complexity index is 1180. The number of ketones is 1. The Morgan fingerprint density at radius 2 is 1.73 bits per heavy atom. The van der Waals surface area contributed by atoms with Crippen LogP contribution in [0.25, 0.3) is 33.3 Å². The maximum atomic E-state index is 11.6. The molecular weight excluding hydrogens is 272 g/mol. The lowest BCUT2D eigenvalue weighted by molar-refractivity contribution is -0.110. The monoisotopic (exact) mass is 282 g/mol. The van der Waals surface area contributed by atoms with Crippen molar-refractivity contribution in [3.63, 3.8) is 0 Å². The topological polar surface area (TPSA) is 42.9 Å². The van der Waals surface area contributed by atoms with Crippen LogP contribution in [0, 0.1) is 0 Å². The van der Waals surface area contributed by atoms with Crippen LogP contribution in [0.3, 0.4) is 0 Å². The van der Waals surface area contributed by atoms with Crippen LogP contribution in [-0.2, 0) is 4.79 Å². The summed E-state index contributed by atoms with van der Waals surface area (Å²) >= 11 is 0. The van der Waals surface area contributed by atoms with Gasteiger partial charge in [-0.05, 0) is 35.3 Å². The Morgan fingerprint density at radius 3 is 2.68 bits per heavy atom. The third-order valence-electron chi connectivity index (χ3n) is 4.27. The molecule has 1 heterocycles. The van der Waals surface area contributed by atoms with E-state index in [-0.39, 0.29) is 5.78 Å². The summed E-state index contributed by atoms with van der Waals surface area (Å²) in [6, 6.07) is 12.4. The molecule has 102 valence electrons. The molecule has 0 fully saturated rings. The van der Waals surface area contributed by atoms with Crippen LogP contribution in [0.4, 0.5) is 0 Å². The molecule has 0 spiro atoms. The molecule has 0 radical (unpaired) electrons. The van der Waals surface area contributed by atoms with Crippen molar-refractivity contribution in [3.05, 3.63) is 70.8 Å². The van der Waals surface area contributed by atoms with Gasteiger partial charge in [0.1, 0.15) is 10.9 Å². The van der Waals surface area contributed by atoms with E-state index in [9.17, 15) is 4.79 Å². The van der Waals surface area contributed by atoms with Crippen LogP contribution in [0.2, 0.25) is 0 Å². The zero-order valence-electron chi connectivity index (χ0n) is 11.6. The molecular formula is C19H10N2O. The van der Waals surface area contributed by atoms with Crippen molar-refractivity contribution < 1.29 is 4.79 Å². The van der Waals surface area contributed by atoms with Gasteiger partial charge in [0.25, 0.3) is 0 Å². The Kier molecular flexibility index (Phi) is 2.09. The van der Waals surface area contributed by atoms with Gasteiger partial charge in [0.15, 0.2) is 5.78 Å². The molecule has 3 aromatic rings. The van der Waals surface area contributed by atoms with Gasteiger partial charge < -0.3 is 0 Å². The molecule has 2 aliphatic rings. The molecule has 2 aromatic carbocycles. The summed E-state index contributed by atoms with van der Waals surface area (Å²) in [5, 5.41) is 14.1. The van der Waals surface area contributed by atoms with Crippen molar-refractivity contribution in [3.8, 4) is 0 Å². The Hall–Kier alpha value is -3.07. The molecule has 0 atom stereocenters. The molecule has 5 rings (SSSR count). The van der Waals surface area contributed by atoms with Crippen LogP contribution in [0.5, 0.6) is 0 Å². The molecule has 3 heteroatoms. The van der Waals surface area contributed by atoms with E-state index in [1.807, 2.05) is 24.3 Å². The zero-order valence-corrected chi connectivity index (χ0v) is 11.6. The average molecular weight is 282 g/mol. The summed E-state index contributed by atoms with van der Waals surface area (Å²) in [4.78, 5) is 11.6. The summed E-state index contributed by atoms with van der Waals surface area (Å²) in [5.74, 6) is 0.0190. The van der Waals surface area contributed by atoms with Gasteiger partial charge in [0.05, 0.1) is 0 Å². The molecule has 0 bridgehead atoms.